The maximum absolute atomic E-state index is 10.4. The zero-order valence-electron chi connectivity index (χ0n) is 8.12. The quantitative estimate of drug-likeness (QED) is 0.473. The Morgan fingerprint density at radius 1 is 1.69 bits per heavy atom. The second-order valence-corrected chi connectivity index (χ2v) is 3.01. The predicted octanol–water partition coefficient (Wildman–Crippen LogP) is -1.15. The number of aliphatic hydroxyl groups is 1. The Morgan fingerprint density at radius 2 is 2.31 bits per heavy atom. The number of nitrogens with two attached hydrogens (primary N) is 1. The normalized spacial score (nSPS) is 15.3. The van der Waals surface area contributed by atoms with Gasteiger partial charge in [0, 0.05) is 26.3 Å². The molecule has 0 spiro atoms. The molecule has 0 aliphatic heterocycles. The van der Waals surface area contributed by atoms with Crippen LogP contribution in [0.2, 0.25) is 0 Å². The van der Waals surface area contributed by atoms with Crippen LogP contribution in [-0.2, 0) is 9.53 Å². The number of primary amides is 1. The van der Waals surface area contributed by atoms with Gasteiger partial charge in [0.25, 0.3) is 0 Å². The highest BCUT2D eigenvalue weighted by Crippen LogP contribution is 1.90. The van der Waals surface area contributed by atoms with Gasteiger partial charge in [-0.1, -0.05) is 0 Å². The Labute approximate surface area is 78.3 Å². The van der Waals surface area contributed by atoms with Gasteiger partial charge in [-0.2, -0.15) is 0 Å². The van der Waals surface area contributed by atoms with Gasteiger partial charge in [-0.3, -0.25) is 4.79 Å². The van der Waals surface area contributed by atoms with E-state index in [4.69, 9.17) is 15.6 Å². The van der Waals surface area contributed by atoms with Crippen LogP contribution in [0, 0.1) is 0 Å². The van der Waals surface area contributed by atoms with E-state index < -0.39 is 12.0 Å². The number of aliphatic hydroxyl groups excluding tert-OH is 1. The van der Waals surface area contributed by atoms with Gasteiger partial charge < -0.3 is 20.9 Å². The third-order valence-corrected chi connectivity index (χ3v) is 1.74. The number of hydrogen-bond acceptors (Lipinski definition) is 4. The highest BCUT2D eigenvalue weighted by atomic mass is 16.5. The Kier molecular flexibility index (Phi) is 6.48. The Bertz CT molecular complexity index is 152. The van der Waals surface area contributed by atoms with Gasteiger partial charge in [0.2, 0.25) is 5.91 Å². The molecule has 5 nitrogen and oxygen atoms in total. The summed E-state index contributed by atoms with van der Waals surface area (Å²) in [5.41, 5.74) is 4.87. The van der Waals surface area contributed by atoms with Gasteiger partial charge in [-0.05, 0) is 13.3 Å². The maximum Gasteiger partial charge on any atom is 0.247 e. The summed E-state index contributed by atoms with van der Waals surface area (Å²) >= 11 is 0. The minimum atomic E-state index is -1.11. The topological polar surface area (TPSA) is 84.6 Å². The number of rotatable bonds is 7. The van der Waals surface area contributed by atoms with Crippen LogP contribution < -0.4 is 11.1 Å². The summed E-state index contributed by atoms with van der Waals surface area (Å²) in [7, 11) is 1.63. The zero-order chi connectivity index (χ0) is 10.3. The smallest absolute Gasteiger partial charge is 0.247 e. The molecule has 2 atom stereocenters. The van der Waals surface area contributed by atoms with Crippen molar-refractivity contribution in [3.8, 4) is 0 Å². The molecule has 0 fully saturated rings. The van der Waals surface area contributed by atoms with Gasteiger partial charge >= 0.3 is 0 Å². The summed E-state index contributed by atoms with van der Waals surface area (Å²) in [4.78, 5) is 10.4. The lowest BCUT2D eigenvalue weighted by atomic mass is 10.2. The molecule has 0 bridgehead atoms. The fourth-order valence-electron chi connectivity index (χ4n) is 0.810. The molecule has 0 aromatic heterocycles. The minimum Gasteiger partial charge on any atom is -0.385 e. The molecule has 0 radical (unpaired) electrons. The van der Waals surface area contributed by atoms with E-state index >= 15 is 0 Å². The largest absolute Gasteiger partial charge is 0.385 e. The van der Waals surface area contributed by atoms with E-state index in [0.29, 0.717) is 6.61 Å². The lowest BCUT2D eigenvalue weighted by Crippen LogP contribution is -2.41. The third kappa shape index (κ3) is 6.51. The van der Waals surface area contributed by atoms with Gasteiger partial charge in [0.1, 0.15) is 6.10 Å². The van der Waals surface area contributed by atoms with E-state index in [-0.39, 0.29) is 12.6 Å². The van der Waals surface area contributed by atoms with E-state index in [2.05, 4.69) is 5.32 Å². The molecule has 0 heterocycles. The molecule has 0 saturated carbocycles. The summed E-state index contributed by atoms with van der Waals surface area (Å²) in [5.74, 6) is -0.702. The number of amides is 1. The molecule has 5 heteroatoms. The van der Waals surface area contributed by atoms with Crippen molar-refractivity contribution >= 4 is 5.91 Å². The molecule has 0 saturated heterocycles. The molecular formula is C8H18N2O3. The first-order valence-electron chi connectivity index (χ1n) is 4.27. The molecule has 0 aromatic rings. The molecular weight excluding hydrogens is 172 g/mol. The van der Waals surface area contributed by atoms with Crippen LogP contribution in [0.15, 0.2) is 0 Å². The van der Waals surface area contributed by atoms with Crippen molar-refractivity contribution < 1.29 is 14.6 Å². The summed E-state index contributed by atoms with van der Waals surface area (Å²) in [6.07, 6.45) is -0.271. The Balaban J connectivity index is 3.45. The van der Waals surface area contributed by atoms with Crippen LogP contribution in [-0.4, -0.2) is 43.4 Å². The lowest BCUT2D eigenvalue weighted by Gasteiger charge is -2.14. The Hall–Kier alpha value is -0.650. The molecule has 0 aliphatic carbocycles. The van der Waals surface area contributed by atoms with E-state index in [1.807, 2.05) is 6.92 Å². The van der Waals surface area contributed by atoms with Crippen LogP contribution >= 0.6 is 0 Å². The molecule has 2 unspecified atom stereocenters. The van der Waals surface area contributed by atoms with Crippen molar-refractivity contribution in [2.24, 2.45) is 5.73 Å². The van der Waals surface area contributed by atoms with Gasteiger partial charge in [0.05, 0.1) is 0 Å². The Morgan fingerprint density at radius 3 is 2.77 bits per heavy atom. The van der Waals surface area contributed by atoms with Crippen LogP contribution in [0.1, 0.15) is 13.3 Å². The summed E-state index contributed by atoms with van der Waals surface area (Å²) in [5, 5.41) is 12.0. The van der Waals surface area contributed by atoms with Gasteiger partial charge in [0.15, 0.2) is 0 Å². The number of ether oxygens (including phenoxy) is 1. The summed E-state index contributed by atoms with van der Waals surface area (Å²) in [6.45, 7) is 2.80. The number of carbonyl (C=O) groups is 1. The number of carbonyl (C=O) groups excluding carboxylic acids is 1. The molecule has 78 valence electrons. The second kappa shape index (κ2) is 6.82. The molecule has 1 amide bonds. The van der Waals surface area contributed by atoms with E-state index in [9.17, 15) is 4.79 Å². The first-order valence-corrected chi connectivity index (χ1v) is 4.27. The fraction of sp³-hybridized carbons (Fsp3) is 0.875. The average Bonchev–Trinajstić information content (AvgIpc) is 2.10. The first kappa shape index (κ1) is 12.3. The molecule has 0 aliphatic rings. The average molecular weight is 190 g/mol. The minimum absolute atomic E-state index is 0.195. The van der Waals surface area contributed by atoms with Crippen molar-refractivity contribution in [1.29, 1.82) is 0 Å². The number of methoxy groups -OCH3 is 1. The van der Waals surface area contributed by atoms with Crippen LogP contribution in [0.5, 0.6) is 0 Å². The highest BCUT2D eigenvalue weighted by molar-refractivity contribution is 5.78. The molecule has 13 heavy (non-hydrogen) atoms. The highest BCUT2D eigenvalue weighted by Gasteiger charge is 2.11. The van der Waals surface area contributed by atoms with E-state index in [0.717, 1.165) is 6.42 Å². The van der Waals surface area contributed by atoms with Crippen molar-refractivity contribution in [2.45, 2.75) is 25.5 Å². The second-order valence-electron chi connectivity index (χ2n) is 3.01. The predicted molar refractivity (Wildman–Crippen MR) is 49.2 cm³/mol. The van der Waals surface area contributed by atoms with Crippen molar-refractivity contribution in [3.63, 3.8) is 0 Å². The van der Waals surface area contributed by atoms with Crippen molar-refractivity contribution in [2.75, 3.05) is 20.3 Å². The molecule has 4 N–H and O–H groups in total. The van der Waals surface area contributed by atoms with E-state index in [1.165, 1.54) is 0 Å². The third-order valence-electron chi connectivity index (χ3n) is 1.74. The van der Waals surface area contributed by atoms with Gasteiger partial charge in [-0.15, -0.1) is 0 Å². The van der Waals surface area contributed by atoms with Gasteiger partial charge in [-0.25, -0.2) is 0 Å². The fourth-order valence-corrected chi connectivity index (χ4v) is 0.810. The lowest BCUT2D eigenvalue weighted by molar-refractivity contribution is -0.125. The van der Waals surface area contributed by atoms with Crippen LogP contribution in [0.4, 0.5) is 0 Å². The molecule has 0 rings (SSSR count). The summed E-state index contributed by atoms with van der Waals surface area (Å²) < 4.78 is 4.87. The number of hydrogen-bond donors (Lipinski definition) is 3. The summed E-state index contributed by atoms with van der Waals surface area (Å²) in [6, 6.07) is 0.203. The number of nitrogens with one attached hydrogen (secondary N) is 1. The molecule has 0 aromatic carbocycles. The standard InChI is InChI=1S/C8H18N2O3/c1-6(3-4-13-2)10-5-7(11)8(9)12/h6-7,10-11H,3-5H2,1-2H3,(H2,9,12). The van der Waals surface area contributed by atoms with Crippen molar-refractivity contribution in [3.05, 3.63) is 0 Å². The van der Waals surface area contributed by atoms with Crippen molar-refractivity contribution in [1.82, 2.24) is 5.32 Å². The SMILES string of the molecule is COCCC(C)NCC(O)C(N)=O. The van der Waals surface area contributed by atoms with Crippen LogP contribution in [0.3, 0.4) is 0 Å². The monoisotopic (exact) mass is 190 g/mol. The first-order chi connectivity index (χ1) is 6.07. The zero-order valence-corrected chi connectivity index (χ0v) is 8.12. The van der Waals surface area contributed by atoms with Crippen LogP contribution in [0.25, 0.3) is 0 Å². The maximum atomic E-state index is 10.4. The van der Waals surface area contributed by atoms with E-state index in [1.54, 1.807) is 7.11 Å².